The van der Waals surface area contributed by atoms with Crippen molar-refractivity contribution in [3.63, 3.8) is 0 Å². The number of carbonyl (C=O) groups excluding carboxylic acids is 2. The quantitative estimate of drug-likeness (QED) is 0.808. The Kier molecular flexibility index (Phi) is 4.91. The number of nitrogens with one attached hydrogen (secondary N) is 2. The molecule has 3 rings (SSSR count). The van der Waals surface area contributed by atoms with Gasteiger partial charge in [-0.05, 0) is 42.2 Å². The molecule has 5 heteroatoms. The molecule has 5 nitrogen and oxygen atoms in total. The van der Waals surface area contributed by atoms with Crippen LogP contribution in [0.15, 0.2) is 48.5 Å². The summed E-state index contributed by atoms with van der Waals surface area (Å²) in [6, 6.07) is 14.8. The largest absolute Gasteiger partial charge is 0.326 e. The number of carbonyl (C=O) groups is 2. The number of fused-ring (bicyclic) bond motifs is 1. The van der Waals surface area contributed by atoms with Crippen LogP contribution in [0.25, 0.3) is 0 Å². The Bertz CT molecular complexity index is 744. The van der Waals surface area contributed by atoms with Crippen LogP contribution in [0.1, 0.15) is 36.4 Å². The van der Waals surface area contributed by atoms with Gasteiger partial charge in [0.05, 0.1) is 0 Å². The molecule has 0 fully saturated rings. The molecule has 1 aliphatic heterocycles. The Balaban J connectivity index is 1.64. The summed E-state index contributed by atoms with van der Waals surface area (Å²) in [6.45, 7) is 0. The number of nitrogens with two attached hydrogens (primary N) is 1. The van der Waals surface area contributed by atoms with Gasteiger partial charge >= 0.3 is 0 Å². The topological polar surface area (TPSA) is 84.2 Å². The van der Waals surface area contributed by atoms with Crippen LogP contribution in [-0.4, -0.2) is 11.8 Å². The zero-order valence-electron chi connectivity index (χ0n) is 13.4. The SMILES string of the molecule is NC(CC(=O)Nc1ccc2c(c1)CCCC(=O)N2)c1ccccc1. The Morgan fingerprint density at radius 3 is 2.75 bits per heavy atom. The number of hydrogen-bond donors (Lipinski definition) is 3. The average molecular weight is 323 g/mol. The van der Waals surface area contributed by atoms with E-state index >= 15 is 0 Å². The average Bonchev–Trinajstić information content (AvgIpc) is 2.76. The molecule has 1 heterocycles. The fraction of sp³-hybridized carbons (Fsp3) is 0.263. The van der Waals surface area contributed by atoms with Crippen LogP contribution in [0, 0.1) is 0 Å². The lowest BCUT2D eigenvalue weighted by Gasteiger charge is -2.13. The van der Waals surface area contributed by atoms with Gasteiger partial charge in [-0.1, -0.05) is 30.3 Å². The van der Waals surface area contributed by atoms with E-state index in [1.165, 1.54) is 0 Å². The van der Waals surface area contributed by atoms with E-state index in [1.807, 2.05) is 42.5 Å². The van der Waals surface area contributed by atoms with Gasteiger partial charge in [0, 0.05) is 30.3 Å². The third-order valence-corrected chi connectivity index (χ3v) is 4.15. The van der Waals surface area contributed by atoms with Gasteiger partial charge < -0.3 is 16.4 Å². The van der Waals surface area contributed by atoms with Crippen molar-refractivity contribution in [2.45, 2.75) is 31.7 Å². The van der Waals surface area contributed by atoms with Gasteiger partial charge in [-0.25, -0.2) is 0 Å². The maximum atomic E-state index is 12.2. The molecule has 2 amide bonds. The molecule has 0 spiro atoms. The fourth-order valence-corrected chi connectivity index (χ4v) is 2.88. The molecule has 1 unspecified atom stereocenters. The zero-order valence-corrected chi connectivity index (χ0v) is 13.4. The maximum absolute atomic E-state index is 12.2. The first kappa shape index (κ1) is 16.2. The lowest BCUT2D eigenvalue weighted by atomic mass is 10.0. The van der Waals surface area contributed by atoms with Gasteiger partial charge in [0.15, 0.2) is 0 Å². The molecular formula is C19H21N3O2. The summed E-state index contributed by atoms with van der Waals surface area (Å²) in [5.74, 6) is -0.0802. The van der Waals surface area contributed by atoms with Gasteiger partial charge in [-0.2, -0.15) is 0 Å². The second-order valence-corrected chi connectivity index (χ2v) is 6.04. The number of amides is 2. The smallest absolute Gasteiger partial charge is 0.226 e. The van der Waals surface area contributed by atoms with Crippen LogP contribution in [0.5, 0.6) is 0 Å². The van der Waals surface area contributed by atoms with Crippen molar-refractivity contribution in [1.82, 2.24) is 0 Å². The van der Waals surface area contributed by atoms with Gasteiger partial charge in [0.1, 0.15) is 0 Å². The molecule has 124 valence electrons. The standard InChI is InChI=1S/C19H21N3O2/c20-16(13-5-2-1-3-6-13)12-19(24)21-15-9-10-17-14(11-15)7-4-8-18(23)22-17/h1-3,5-6,9-11,16H,4,7-8,12,20H2,(H,21,24)(H,22,23). The van der Waals surface area contributed by atoms with Gasteiger partial charge in [-0.3, -0.25) is 9.59 Å². The minimum atomic E-state index is -0.327. The van der Waals surface area contributed by atoms with Crippen LogP contribution in [0.2, 0.25) is 0 Å². The first-order chi connectivity index (χ1) is 11.6. The summed E-state index contributed by atoms with van der Waals surface area (Å²) in [7, 11) is 0. The van der Waals surface area contributed by atoms with E-state index in [0.29, 0.717) is 6.42 Å². The minimum Gasteiger partial charge on any atom is -0.326 e. The van der Waals surface area contributed by atoms with Crippen LogP contribution >= 0.6 is 0 Å². The van der Waals surface area contributed by atoms with Crippen LogP contribution < -0.4 is 16.4 Å². The first-order valence-corrected chi connectivity index (χ1v) is 8.15. The monoisotopic (exact) mass is 323 g/mol. The predicted octanol–water partition coefficient (Wildman–Crippen LogP) is 2.99. The number of hydrogen-bond acceptors (Lipinski definition) is 3. The summed E-state index contributed by atoms with van der Waals surface area (Å²) < 4.78 is 0. The molecule has 0 saturated heterocycles. The van der Waals surface area contributed by atoms with E-state index in [4.69, 9.17) is 5.73 Å². The number of rotatable bonds is 4. The summed E-state index contributed by atoms with van der Waals surface area (Å²) in [5, 5.41) is 5.78. The van der Waals surface area contributed by atoms with Crippen molar-refractivity contribution >= 4 is 23.2 Å². The van der Waals surface area contributed by atoms with E-state index in [0.717, 1.165) is 35.3 Å². The molecule has 2 aromatic carbocycles. The van der Waals surface area contributed by atoms with E-state index in [1.54, 1.807) is 6.07 Å². The van der Waals surface area contributed by atoms with Crippen LogP contribution in [0.4, 0.5) is 11.4 Å². The molecule has 0 bridgehead atoms. The third-order valence-electron chi connectivity index (χ3n) is 4.15. The summed E-state index contributed by atoms with van der Waals surface area (Å²) in [6.07, 6.45) is 2.39. The van der Waals surface area contributed by atoms with Crippen molar-refractivity contribution < 1.29 is 9.59 Å². The number of aryl methyl sites for hydroxylation is 1. The highest BCUT2D eigenvalue weighted by Gasteiger charge is 2.15. The molecule has 1 aliphatic rings. The molecule has 1 atom stereocenters. The van der Waals surface area contributed by atoms with E-state index in [9.17, 15) is 9.59 Å². The molecule has 24 heavy (non-hydrogen) atoms. The lowest BCUT2D eigenvalue weighted by molar-refractivity contribution is -0.117. The highest BCUT2D eigenvalue weighted by atomic mass is 16.2. The normalized spacial score (nSPS) is 15.0. The molecule has 0 saturated carbocycles. The highest BCUT2D eigenvalue weighted by Crippen LogP contribution is 2.25. The summed E-state index contributed by atoms with van der Waals surface area (Å²) in [5.41, 5.74) is 9.64. The van der Waals surface area contributed by atoms with Crippen molar-refractivity contribution in [1.29, 1.82) is 0 Å². The summed E-state index contributed by atoms with van der Waals surface area (Å²) >= 11 is 0. The molecule has 0 radical (unpaired) electrons. The van der Waals surface area contributed by atoms with Crippen LogP contribution in [-0.2, 0) is 16.0 Å². The molecule has 4 N–H and O–H groups in total. The lowest BCUT2D eigenvalue weighted by Crippen LogP contribution is -2.20. The zero-order chi connectivity index (χ0) is 16.9. The van der Waals surface area contributed by atoms with E-state index in [-0.39, 0.29) is 24.3 Å². The van der Waals surface area contributed by atoms with Crippen molar-refractivity contribution in [3.05, 3.63) is 59.7 Å². The fourth-order valence-electron chi connectivity index (χ4n) is 2.88. The maximum Gasteiger partial charge on any atom is 0.226 e. The molecule has 2 aromatic rings. The first-order valence-electron chi connectivity index (χ1n) is 8.15. The Morgan fingerprint density at radius 2 is 1.96 bits per heavy atom. The predicted molar refractivity (Wildman–Crippen MR) is 94.6 cm³/mol. The Hall–Kier alpha value is -2.66. The number of benzene rings is 2. The van der Waals surface area contributed by atoms with Gasteiger partial charge in [0.25, 0.3) is 0 Å². The van der Waals surface area contributed by atoms with Gasteiger partial charge in [0.2, 0.25) is 11.8 Å². The van der Waals surface area contributed by atoms with Gasteiger partial charge in [-0.15, -0.1) is 0 Å². The highest BCUT2D eigenvalue weighted by molar-refractivity contribution is 5.94. The van der Waals surface area contributed by atoms with Crippen molar-refractivity contribution in [3.8, 4) is 0 Å². The Morgan fingerprint density at radius 1 is 1.17 bits per heavy atom. The van der Waals surface area contributed by atoms with E-state index in [2.05, 4.69) is 10.6 Å². The molecule has 0 aromatic heterocycles. The second-order valence-electron chi connectivity index (χ2n) is 6.04. The molecule has 0 aliphatic carbocycles. The van der Waals surface area contributed by atoms with Crippen molar-refractivity contribution in [2.24, 2.45) is 5.73 Å². The van der Waals surface area contributed by atoms with E-state index < -0.39 is 0 Å². The minimum absolute atomic E-state index is 0.0411. The Labute approximate surface area is 141 Å². The van der Waals surface area contributed by atoms with Crippen LogP contribution in [0.3, 0.4) is 0 Å². The summed E-state index contributed by atoms with van der Waals surface area (Å²) in [4.78, 5) is 23.8. The molecular weight excluding hydrogens is 302 g/mol. The number of anilines is 2. The second kappa shape index (κ2) is 7.27. The van der Waals surface area contributed by atoms with Crippen molar-refractivity contribution in [2.75, 3.05) is 10.6 Å². The third kappa shape index (κ3) is 4.00.